The first kappa shape index (κ1) is 14.2. The van der Waals surface area contributed by atoms with Gasteiger partial charge in [-0.15, -0.1) is 0 Å². The minimum absolute atomic E-state index is 0.0526. The van der Waals surface area contributed by atoms with Crippen LogP contribution in [-0.4, -0.2) is 11.6 Å². The van der Waals surface area contributed by atoms with E-state index in [0.29, 0.717) is 16.3 Å². The third kappa shape index (κ3) is 3.22. The molecule has 2 rings (SSSR count). The Kier molecular flexibility index (Phi) is 4.48. The van der Waals surface area contributed by atoms with Gasteiger partial charge in [0.25, 0.3) is 5.91 Å². The molecule has 0 unspecified atom stereocenters. The average molecular weight is 291 g/mol. The highest BCUT2D eigenvalue weighted by molar-refractivity contribution is 6.34. The van der Waals surface area contributed by atoms with Crippen LogP contribution in [0.25, 0.3) is 0 Å². The number of nitrogens with one attached hydrogen (secondary N) is 1. The van der Waals surface area contributed by atoms with Crippen LogP contribution in [0.4, 0.5) is 4.39 Å². The summed E-state index contributed by atoms with van der Waals surface area (Å²) in [6.07, 6.45) is 0. The summed E-state index contributed by atoms with van der Waals surface area (Å²) in [7, 11) is 0. The van der Waals surface area contributed by atoms with Crippen LogP contribution < -0.4 is 5.43 Å². The fourth-order valence-electron chi connectivity index (χ4n) is 1.66. The van der Waals surface area contributed by atoms with Crippen molar-refractivity contribution in [1.29, 1.82) is 0 Å². The first-order valence-electron chi connectivity index (χ1n) is 5.93. The lowest BCUT2D eigenvalue weighted by Crippen LogP contribution is -2.20. The Hall–Kier alpha value is -2.20. The molecule has 3 nitrogen and oxygen atoms in total. The van der Waals surface area contributed by atoms with Crippen molar-refractivity contribution in [3.63, 3.8) is 0 Å². The van der Waals surface area contributed by atoms with Crippen LogP contribution in [0.2, 0.25) is 5.02 Å². The van der Waals surface area contributed by atoms with Crippen molar-refractivity contribution in [3.8, 4) is 0 Å². The quantitative estimate of drug-likeness (QED) is 0.680. The maximum absolute atomic E-state index is 13.4. The van der Waals surface area contributed by atoms with Gasteiger partial charge in [0.15, 0.2) is 0 Å². The van der Waals surface area contributed by atoms with E-state index in [-0.39, 0.29) is 5.56 Å². The number of hydrazone groups is 1. The molecule has 0 aliphatic heterocycles. The Bertz CT molecular complexity index is 670. The van der Waals surface area contributed by atoms with Gasteiger partial charge in [0.2, 0.25) is 0 Å². The lowest BCUT2D eigenvalue weighted by atomic mass is 10.1. The summed E-state index contributed by atoms with van der Waals surface area (Å²) in [5, 5.41) is 4.47. The molecule has 5 heteroatoms. The predicted molar refractivity (Wildman–Crippen MR) is 77.5 cm³/mol. The molecule has 2 aromatic carbocycles. The minimum Gasteiger partial charge on any atom is -0.267 e. The maximum Gasteiger partial charge on any atom is 0.274 e. The van der Waals surface area contributed by atoms with E-state index < -0.39 is 11.7 Å². The molecule has 0 bridgehead atoms. The molecule has 20 heavy (non-hydrogen) atoms. The number of hydrogen-bond acceptors (Lipinski definition) is 2. The van der Waals surface area contributed by atoms with Crippen molar-refractivity contribution in [2.24, 2.45) is 5.10 Å². The Labute approximate surface area is 121 Å². The standard InChI is InChI=1S/C15H12ClFN2O/c1-10(11-6-2-4-8-13(11)16)18-19-15(20)12-7-3-5-9-14(12)17/h2-9H,1H3,(H,19,20)/b18-10-. The molecule has 0 saturated heterocycles. The van der Waals surface area contributed by atoms with Crippen LogP contribution in [0.1, 0.15) is 22.8 Å². The summed E-state index contributed by atoms with van der Waals surface area (Å²) in [5.74, 6) is -1.19. The Morgan fingerprint density at radius 3 is 2.35 bits per heavy atom. The molecule has 0 saturated carbocycles. The molecule has 1 amide bonds. The smallest absolute Gasteiger partial charge is 0.267 e. The SMILES string of the molecule is C/C(=N/NC(=O)c1ccccc1F)c1ccccc1Cl. The number of rotatable bonds is 3. The number of amides is 1. The molecule has 2 aromatic rings. The molecular weight excluding hydrogens is 279 g/mol. The van der Waals surface area contributed by atoms with E-state index in [4.69, 9.17) is 11.6 Å². The largest absolute Gasteiger partial charge is 0.274 e. The van der Waals surface area contributed by atoms with Crippen molar-refractivity contribution in [2.75, 3.05) is 0 Å². The molecule has 0 heterocycles. The second-order valence-electron chi connectivity index (χ2n) is 4.10. The van der Waals surface area contributed by atoms with Crippen LogP contribution in [0.15, 0.2) is 53.6 Å². The number of benzene rings is 2. The number of halogens is 2. The molecule has 0 aliphatic rings. The fourth-order valence-corrected chi connectivity index (χ4v) is 1.93. The molecule has 102 valence electrons. The second kappa shape index (κ2) is 6.30. The predicted octanol–water partition coefficient (Wildman–Crippen LogP) is 3.63. The topological polar surface area (TPSA) is 41.5 Å². The van der Waals surface area contributed by atoms with Crippen molar-refractivity contribution in [1.82, 2.24) is 5.43 Å². The lowest BCUT2D eigenvalue weighted by Gasteiger charge is -2.05. The van der Waals surface area contributed by atoms with Gasteiger partial charge in [-0.1, -0.05) is 41.9 Å². The molecule has 0 fully saturated rings. The first-order valence-corrected chi connectivity index (χ1v) is 6.31. The summed E-state index contributed by atoms with van der Waals surface area (Å²) < 4.78 is 13.4. The van der Waals surface area contributed by atoms with Crippen LogP contribution in [-0.2, 0) is 0 Å². The first-order chi connectivity index (χ1) is 9.59. The molecule has 0 aromatic heterocycles. The van der Waals surface area contributed by atoms with Crippen molar-refractivity contribution < 1.29 is 9.18 Å². The molecule has 0 atom stereocenters. The van der Waals surface area contributed by atoms with E-state index in [9.17, 15) is 9.18 Å². The molecular formula is C15H12ClFN2O. The Morgan fingerprint density at radius 1 is 1.10 bits per heavy atom. The van der Waals surface area contributed by atoms with Gasteiger partial charge in [-0.2, -0.15) is 5.10 Å². The van der Waals surface area contributed by atoms with Crippen molar-refractivity contribution in [3.05, 3.63) is 70.5 Å². The highest BCUT2D eigenvalue weighted by atomic mass is 35.5. The number of carbonyl (C=O) groups is 1. The third-order valence-electron chi connectivity index (χ3n) is 2.71. The molecule has 0 spiro atoms. The summed E-state index contributed by atoms with van der Waals surface area (Å²) in [4.78, 5) is 11.8. The molecule has 0 radical (unpaired) electrons. The number of hydrogen-bond donors (Lipinski definition) is 1. The summed E-state index contributed by atoms with van der Waals surface area (Å²) in [6.45, 7) is 1.71. The van der Waals surface area contributed by atoms with Gasteiger partial charge in [0, 0.05) is 10.6 Å². The summed E-state index contributed by atoms with van der Waals surface area (Å²) in [6, 6.07) is 12.9. The van der Waals surface area contributed by atoms with E-state index >= 15 is 0 Å². The summed E-state index contributed by atoms with van der Waals surface area (Å²) in [5.41, 5.74) is 3.52. The van der Waals surface area contributed by atoms with Gasteiger partial charge in [0.1, 0.15) is 5.82 Å². The second-order valence-corrected chi connectivity index (χ2v) is 4.51. The highest BCUT2D eigenvalue weighted by Gasteiger charge is 2.10. The number of nitrogens with zero attached hydrogens (tertiary/aromatic N) is 1. The zero-order valence-corrected chi connectivity index (χ0v) is 11.5. The zero-order valence-electron chi connectivity index (χ0n) is 10.7. The Morgan fingerprint density at radius 2 is 1.70 bits per heavy atom. The fraction of sp³-hybridized carbons (Fsp3) is 0.0667. The van der Waals surface area contributed by atoms with E-state index in [1.807, 2.05) is 6.07 Å². The Balaban J connectivity index is 2.16. The van der Waals surface area contributed by atoms with E-state index in [0.717, 1.165) is 0 Å². The van der Waals surface area contributed by atoms with Crippen molar-refractivity contribution >= 4 is 23.2 Å². The van der Waals surface area contributed by atoms with E-state index in [1.54, 1.807) is 31.2 Å². The van der Waals surface area contributed by atoms with E-state index in [2.05, 4.69) is 10.5 Å². The third-order valence-corrected chi connectivity index (χ3v) is 3.04. The minimum atomic E-state index is -0.602. The molecule has 1 N–H and O–H groups in total. The normalized spacial score (nSPS) is 11.2. The molecule has 0 aliphatic carbocycles. The van der Waals surface area contributed by atoms with E-state index in [1.165, 1.54) is 18.2 Å². The lowest BCUT2D eigenvalue weighted by molar-refractivity contribution is 0.0951. The van der Waals surface area contributed by atoms with Gasteiger partial charge >= 0.3 is 0 Å². The van der Waals surface area contributed by atoms with Crippen LogP contribution >= 0.6 is 11.6 Å². The van der Waals surface area contributed by atoms with Gasteiger partial charge < -0.3 is 0 Å². The van der Waals surface area contributed by atoms with Gasteiger partial charge in [-0.25, -0.2) is 9.82 Å². The van der Waals surface area contributed by atoms with Gasteiger partial charge in [-0.05, 0) is 25.1 Å². The van der Waals surface area contributed by atoms with Gasteiger partial charge in [-0.3, -0.25) is 4.79 Å². The van der Waals surface area contributed by atoms with Crippen LogP contribution in [0.5, 0.6) is 0 Å². The monoisotopic (exact) mass is 290 g/mol. The number of carbonyl (C=O) groups excluding carboxylic acids is 1. The average Bonchev–Trinajstić information content (AvgIpc) is 2.45. The maximum atomic E-state index is 13.4. The van der Waals surface area contributed by atoms with Crippen LogP contribution in [0.3, 0.4) is 0 Å². The summed E-state index contributed by atoms with van der Waals surface area (Å²) >= 11 is 6.02. The van der Waals surface area contributed by atoms with Crippen LogP contribution in [0, 0.1) is 5.82 Å². The zero-order chi connectivity index (χ0) is 14.5. The van der Waals surface area contributed by atoms with Gasteiger partial charge in [0.05, 0.1) is 11.3 Å². The highest BCUT2D eigenvalue weighted by Crippen LogP contribution is 2.15. The van der Waals surface area contributed by atoms with Crippen molar-refractivity contribution in [2.45, 2.75) is 6.92 Å².